The fraction of sp³-hybridized carbons (Fsp3) is 0.636. The average molecular weight is 209 g/mol. The number of aromatic nitrogens is 2. The van der Waals surface area contributed by atoms with Gasteiger partial charge >= 0.3 is 0 Å². The van der Waals surface area contributed by atoms with Crippen molar-refractivity contribution < 1.29 is 4.39 Å². The molecule has 0 atom stereocenters. The van der Waals surface area contributed by atoms with Crippen molar-refractivity contribution in [3.63, 3.8) is 0 Å². The number of anilines is 1. The highest BCUT2D eigenvalue weighted by molar-refractivity contribution is 5.37. The average Bonchev–Trinajstić information content (AvgIpc) is 2.17. The third kappa shape index (κ3) is 2.43. The van der Waals surface area contributed by atoms with Gasteiger partial charge in [0.05, 0.1) is 0 Å². The molecule has 1 aliphatic rings. The Morgan fingerprint density at radius 3 is 2.53 bits per heavy atom. The van der Waals surface area contributed by atoms with Crippen molar-refractivity contribution in [3.8, 4) is 0 Å². The van der Waals surface area contributed by atoms with E-state index in [4.69, 9.17) is 0 Å². The minimum Gasteiger partial charge on any atom is -0.356 e. The zero-order valence-corrected chi connectivity index (χ0v) is 9.20. The first kappa shape index (κ1) is 10.3. The second-order valence-electron chi connectivity index (χ2n) is 4.85. The summed E-state index contributed by atoms with van der Waals surface area (Å²) in [5.74, 6) is 0.253. The molecule has 0 amide bonds. The lowest BCUT2D eigenvalue weighted by Gasteiger charge is -2.37. The Kier molecular flexibility index (Phi) is 2.59. The van der Waals surface area contributed by atoms with E-state index in [1.54, 1.807) is 0 Å². The predicted octanol–water partition coefficient (Wildman–Crippen LogP) is 2.24. The van der Waals surface area contributed by atoms with Gasteiger partial charge in [-0.15, -0.1) is 0 Å². The summed E-state index contributed by atoms with van der Waals surface area (Å²) < 4.78 is 12.9. The summed E-state index contributed by atoms with van der Waals surface area (Å²) in [4.78, 5) is 9.67. The minimum atomic E-state index is -0.454. The molecule has 0 radical (unpaired) electrons. The number of nitrogens with zero attached hydrogens (tertiary/aromatic N) is 3. The SMILES string of the molecule is CC1(C)CCN(c2cc(F)ncn2)CC1. The van der Waals surface area contributed by atoms with Crippen LogP contribution in [0.1, 0.15) is 26.7 Å². The smallest absolute Gasteiger partial charge is 0.218 e. The van der Waals surface area contributed by atoms with Crippen LogP contribution in [0, 0.1) is 11.4 Å². The normalized spacial score (nSPS) is 20.3. The van der Waals surface area contributed by atoms with Crippen molar-refractivity contribution in [3.05, 3.63) is 18.3 Å². The molecule has 0 unspecified atom stereocenters. The Morgan fingerprint density at radius 1 is 1.27 bits per heavy atom. The van der Waals surface area contributed by atoms with E-state index in [0.717, 1.165) is 25.9 Å². The Labute approximate surface area is 89.3 Å². The van der Waals surface area contributed by atoms with Crippen molar-refractivity contribution in [1.29, 1.82) is 0 Å². The molecular weight excluding hydrogens is 193 g/mol. The first-order chi connectivity index (χ1) is 7.07. The molecule has 1 aliphatic heterocycles. The van der Waals surface area contributed by atoms with Crippen LogP contribution in [0.4, 0.5) is 10.2 Å². The largest absolute Gasteiger partial charge is 0.356 e. The van der Waals surface area contributed by atoms with Crippen LogP contribution in [0.5, 0.6) is 0 Å². The molecule has 0 aromatic carbocycles. The van der Waals surface area contributed by atoms with Crippen molar-refractivity contribution in [2.75, 3.05) is 18.0 Å². The second kappa shape index (κ2) is 3.76. The Balaban J connectivity index is 2.08. The summed E-state index contributed by atoms with van der Waals surface area (Å²) in [5, 5.41) is 0. The molecule has 2 heterocycles. The highest BCUT2D eigenvalue weighted by Crippen LogP contribution is 2.31. The van der Waals surface area contributed by atoms with Gasteiger partial charge in [-0.05, 0) is 18.3 Å². The minimum absolute atomic E-state index is 0.405. The number of halogens is 1. The van der Waals surface area contributed by atoms with E-state index >= 15 is 0 Å². The van der Waals surface area contributed by atoms with Crippen molar-refractivity contribution in [2.45, 2.75) is 26.7 Å². The highest BCUT2D eigenvalue weighted by Gasteiger charge is 2.25. The van der Waals surface area contributed by atoms with Gasteiger partial charge in [-0.1, -0.05) is 13.8 Å². The first-order valence-corrected chi connectivity index (χ1v) is 5.29. The molecule has 0 spiro atoms. The van der Waals surface area contributed by atoms with E-state index in [0.29, 0.717) is 11.2 Å². The van der Waals surface area contributed by atoms with E-state index in [1.165, 1.54) is 12.4 Å². The number of hydrogen-bond donors (Lipinski definition) is 0. The standard InChI is InChI=1S/C11H16FN3/c1-11(2)3-5-15(6-4-11)10-7-9(12)13-8-14-10/h7-8H,3-6H2,1-2H3. The van der Waals surface area contributed by atoms with Gasteiger partial charge in [0.15, 0.2) is 0 Å². The van der Waals surface area contributed by atoms with E-state index in [9.17, 15) is 4.39 Å². The van der Waals surface area contributed by atoms with Crippen LogP contribution in [0.15, 0.2) is 12.4 Å². The van der Waals surface area contributed by atoms with E-state index in [1.807, 2.05) is 0 Å². The van der Waals surface area contributed by atoms with E-state index in [-0.39, 0.29) is 0 Å². The fourth-order valence-electron chi connectivity index (χ4n) is 1.84. The van der Waals surface area contributed by atoms with Gasteiger partial charge in [0.1, 0.15) is 12.1 Å². The number of piperidine rings is 1. The lowest BCUT2D eigenvalue weighted by molar-refractivity contribution is 0.279. The molecular formula is C11H16FN3. The number of rotatable bonds is 1. The highest BCUT2D eigenvalue weighted by atomic mass is 19.1. The molecule has 0 saturated carbocycles. The predicted molar refractivity (Wildman–Crippen MR) is 57.2 cm³/mol. The summed E-state index contributed by atoms with van der Waals surface area (Å²) in [5.41, 5.74) is 0.405. The topological polar surface area (TPSA) is 29.0 Å². The molecule has 0 N–H and O–H groups in total. The van der Waals surface area contributed by atoms with Gasteiger partial charge < -0.3 is 4.90 Å². The Bertz CT molecular complexity index is 341. The molecule has 1 aromatic heterocycles. The molecule has 1 aromatic rings. The van der Waals surface area contributed by atoms with Crippen LogP contribution in [0.3, 0.4) is 0 Å². The molecule has 0 bridgehead atoms. The Hall–Kier alpha value is -1.19. The number of hydrogen-bond acceptors (Lipinski definition) is 3. The first-order valence-electron chi connectivity index (χ1n) is 5.29. The maximum atomic E-state index is 12.9. The zero-order valence-electron chi connectivity index (χ0n) is 9.20. The van der Waals surface area contributed by atoms with Crippen LogP contribution >= 0.6 is 0 Å². The van der Waals surface area contributed by atoms with Crippen LogP contribution in [-0.2, 0) is 0 Å². The molecule has 4 heteroatoms. The molecule has 3 nitrogen and oxygen atoms in total. The quantitative estimate of drug-likeness (QED) is 0.664. The van der Waals surface area contributed by atoms with Crippen LogP contribution in [0.2, 0.25) is 0 Å². The van der Waals surface area contributed by atoms with Gasteiger partial charge in [0, 0.05) is 19.2 Å². The lowest BCUT2D eigenvalue weighted by Crippen LogP contribution is -2.37. The lowest BCUT2D eigenvalue weighted by atomic mass is 9.83. The van der Waals surface area contributed by atoms with Gasteiger partial charge in [0.2, 0.25) is 5.95 Å². The summed E-state index contributed by atoms with van der Waals surface area (Å²) in [6.45, 7) is 6.43. The van der Waals surface area contributed by atoms with Gasteiger partial charge in [-0.2, -0.15) is 4.39 Å². The van der Waals surface area contributed by atoms with Crippen molar-refractivity contribution in [1.82, 2.24) is 9.97 Å². The van der Waals surface area contributed by atoms with Crippen LogP contribution in [0.25, 0.3) is 0 Å². The van der Waals surface area contributed by atoms with Gasteiger partial charge in [-0.25, -0.2) is 9.97 Å². The molecule has 15 heavy (non-hydrogen) atoms. The third-order valence-corrected chi connectivity index (χ3v) is 3.06. The summed E-state index contributed by atoms with van der Waals surface area (Å²) in [7, 11) is 0. The Morgan fingerprint density at radius 2 is 1.93 bits per heavy atom. The van der Waals surface area contributed by atoms with Crippen molar-refractivity contribution in [2.24, 2.45) is 5.41 Å². The monoisotopic (exact) mass is 209 g/mol. The zero-order chi connectivity index (χ0) is 10.9. The summed E-state index contributed by atoms with van der Waals surface area (Å²) in [6, 6.07) is 1.40. The second-order valence-corrected chi connectivity index (χ2v) is 4.85. The van der Waals surface area contributed by atoms with Gasteiger partial charge in [0.25, 0.3) is 0 Å². The molecule has 82 valence electrons. The van der Waals surface area contributed by atoms with E-state index < -0.39 is 5.95 Å². The summed E-state index contributed by atoms with van der Waals surface area (Å²) in [6.07, 6.45) is 3.53. The van der Waals surface area contributed by atoms with E-state index in [2.05, 4.69) is 28.7 Å². The maximum Gasteiger partial charge on any atom is 0.218 e. The molecule has 0 aliphatic carbocycles. The van der Waals surface area contributed by atoms with Crippen molar-refractivity contribution >= 4 is 5.82 Å². The van der Waals surface area contributed by atoms with Crippen LogP contribution in [-0.4, -0.2) is 23.1 Å². The van der Waals surface area contributed by atoms with Crippen LogP contribution < -0.4 is 4.90 Å². The molecule has 1 fully saturated rings. The summed E-state index contributed by atoms with van der Waals surface area (Å²) >= 11 is 0. The molecule has 1 saturated heterocycles. The fourth-order valence-corrected chi connectivity index (χ4v) is 1.84. The maximum absolute atomic E-state index is 12.9. The third-order valence-electron chi connectivity index (χ3n) is 3.06. The van der Waals surface area contributed by atoms with Gasteiger partial charge in [-0.3, -0.25) is 0 Å². The molecule has 2 rings (SSSR count).